The van der Waals surface area contributed by atoms with Crippen LogP contribution in [0.15, 0.2) is 0 Å². The van der Waals surface area contributed by atoms with Crippen LogP contribution in [0.1, 0.15) is 13.3 Å². The summed E-state index contributed by atoms with van der Waals surface area (Å²) in [5.74, 6) is 4.41. The molecular weight excluding hydrogens is 170 g/mol. The number of aliphatic hydroxyl groups is 1. The van der Waals surface area contributed by atoms with Crippen molar-refractivity contribution in [2.45, 2.75) is 19.4 Å². The third-order valence-corrected chi connectivity index (χ3v) is 2.21. The molecule has 0 aromatic carbocycles. The Morgan fingerprint density at radius 3 is 2.92 bits per heavy atom. The summed E-state index contributed by atoms with van der Waals surface area (Å²) < 4.78 is 0. The van der Waals surface area contributed by atoms with Crippen LogP contribution in [-0.2, 0) is 0 Å². The number of hydrogen-bond donors (Lipinski definition) is 2. The molecule has 70 valence electrons. The van der Waals surface area contributed by atoms with Crippen LogP contribution < -0.4 is 5.32 Å². The van der Waals surface area contributed by atoms with E-state index in [1.807, 2.05) is 0 Å². The largest absolute Gasteiger partial charge is 0.393 e. The first-order chi connectivity index (χ1) is 5.77. The van der Waals surface area contributed by atoms with Gasteiger partial charge in [-0.15, -0.1) is 18.2 Å². The molecule has 0 radical (unpaired) electrons. The zero-order chi connectivity index (χ0) is 9.23. The number of aliphatic hydroxyl groups excluding tert-OH is 1. The van der Waals surface area contributed by atoms with Crippen molar-refractivity contribution in [3.8, 4) is 12.3 Å². The Morgan fingerprint density at radius 2 is 2.33 bits per heavy atom. The summed E-state index contributed by atoms with van der Waals surface area (Å²) in [7, 11) is 0. The molecule has 0 aliphatic carbocycles. The first-order valence-electron chi connectivity index (χ1n) is 4.17. The smallest absolute Gasteiger partial charge is 0.0545 e. The fourth-order valence-electron chi connectivity index (χ4n) is 0.711. The van der Waals surface area contributed by atoms with Crippen LogP contribution in [0.3, 0.4) is 0 Å². The molecule has 1 unspecified atom stereocenters. The summed E-state index contributed by atoms with van der Waals surface area (Å²) in [4.78, 5) is 0. The van der Waals surface area contributed by atoms with E-state index in [9.17, 15) is 0 Å². The topological polar surface area (TPSA) is 32.3 Å². The van der Waals surface area contributed by atoms with Crippen LogP contribution in [-0.4, -0.2) is 35.8 Å². The molecule has 0 heterocycles. The molecule has 12 heavy (non-hydrogen) atoms. The zero-order valence-electron chi connectivity index (χ0n) is 7.55. The van der Waals surface area contributed by atoms with Crippen molar-refractivity contribution in [1.29, 1.82) is 0 Å². The standard InChI is InChI=1S/C9H17NOS/c1-3-7-12-8-6-10-5-4-9(2)11/h1,9-11H,4-8H2,2H3. The maximum absolute atomic E-state index is 8.92. The summed E-state index contributed by atoms with van der Waals surface area (Å²) in [5.41, 5.74) is 0. The Labute approximate surface area is 79.1 Å². The molecular formula is C9H17NOS. The van der Waals surface area contributed by atoms with Gasteiger partial charge in [0.15, 0.2) is 0 Å². The highest BCUT2D eigenvalue weighted by Crippen LogP contribution is 1.95. The first kappa shape index (κ1) is 11.8. The molecule has 0 bridgehead atoms. The van der Waals surface area contributed by atoms with Crippen molar-refractivity contribution < 1.29 is 5.11 Å². The van der Waals surface area contributed by atoms with Crippen molar-refractivity contribution in [3.05, 3.63) is 0 Å². The highest BCUT2D eigenvalue weighted by molar-refractivity contribution is 7.99. The molecule has 0 spiro atoms. The van der Waals surface area contributed by atoms with E-state index in [2.05, 4.69) is 11.2 Å². The minimum atomic E-state index is -0.198. The summed E-state index contributed by atoms with van der Waals surface area (Å²) in [6, 6.07) is 0. The van der Waals surface area contributed by atoms with Crippen molar-refractivity contribution in [2.75, 3.05) is 24.6 Å². The van der Waals surface area contributed by atoms with E-state index in [0.29, 0.717) is 0 Å². The average Bonchev–Trinajstić information content (AvgIpc) is 2.02. The van der Waals surface area contributed by atoms with Gasteiger partial charge in [-0.05, 0) is 19.9 Å². The van der Waals surface area contributed by atoms with Gasteiger partial charge in [-0.25, -0.2) is 0 Å². The van der Waals surface area contributed by atoms with Gasteiger partial charge in [0.1, 0.15) is 0 Å². The molecule has 3 heteroatoms. The zero-order valence-corrected chi connectivity index (χ0v) is 8.36. The molecule has 0 saturated heterocycles. The average molecular weight is 187 g/mol. The molecule has 1 atom stereocenters. The second-order valence-corrected chi connectivity index (χ2v) is 3.75. The second kappa shape index (κ2) is 8.92. The van der Waals surface area contributed by atoms with Crippen molar-refractivity contribution in [2.24, 2.45) is 0 Å². The maximum atomic E-state index is 8.92. The molecule has 0 fully saturated rings. The lowest BCUT2D eigenvalue weighted by Crippen LogP contribution is -2.21. The highest BCUT2D eigenvalue weighted by Gasteiger charge is 1.93. The van der Waals surface area contributed by atoms with E-state index in [1.165, 1.54) is 0 Å². The molecule has 0 aliphatic rings. The monoisotopic (exact) mass is 187 g/mol. The van der Waals surface area contributed by atoms with E-state index in [4.69, 9.17) is 11.5 Å². The SMILES string of the molecule is C#CCSCCNCCC(C)O. The number of hydrogen-bond acceptors (Lipinski definition) is 3. The van der Waals surface area contributed by atoms with Crippen LogP contribution in [0.5, 0.6) is 0 Å². The Kier molecular flexibility index (Phi) is 8.80. The van der Waals surface area contributed by atoms with Gasteiger partial charge >= 0.3 is 0 Å². The molecule has 2 nitrogen and oxygen atoms in total. The summed E-state index contributed by atoms with van der Waals surface area (Å²) in [6.45, 7) is 3.65. The van der Waals surface area contributed by atoms with Gasteiger partial charge < -0.3 is 10.4 Å². The van der Waals surface area contributed by atoms with Gasteiger partial charge in [-0.1, -0.05) is 5.92 Å². The first-order valence-corrected chi connectivity index (χ1v) is 5.33. The number of terminal acetylenes is 1. The normalized spacial score (nSPS) is 12.4. The summed E-state index contributed by atoms with van der Waals surface area (Å²) >= 11 is 1.75. The maximum Gasteiger partial charge on any atom is 0.0545 e. The minimum absolute atomic E-state index is 0.198. The highest BCUT2D eigenvalue weighted by atomic mass is 32.2. The van der Waals surface area contributed by atoms with Gasteiger partial charge in [0, 0.05) is 12.3 Å². The van der Waals surface area contributed by atoms with Crippen LogP contribution in [0.4, 0.5) is 0 Å². The van der Waals surface area contributed by atoms with Gasteiger partial charge in [0.05, 0.1) is 11.9 Å². The molecule has 0 aromatic rings. The molecule has 2 N–H and O–H groups in total. The van der Waals surface area contributed by atoms with E-state index in [0.717, 1.165) is 31.0 Å². The van der Waals surface area contributed by atoms with Gasteiger partial charge in [-0.3, -0.25) is 0 Å². The lowest BCUT2D eigenvalue weighted by Gasteiger charge is -2.05. The van der Waals surface area contributed by atoms with E-state index >= 15 is 0 Å². The Bertz CT molecular complexity index is 131. The molecule has 0 aromatic heterocycles. The molecule has 0 aliphatic heterocycles. The predicted molar refractivity (Wildman–Crippen MR) is 55.3 cm³/mol. The third kappa shape index (κ3) is 9.83. The van der Waals surface area contributed by atoms with Crippen LogP contribution in [0, 0.1) is 12.3 Å². The Hall–Kier alpha value is -0.170. The van der Waals surface area contributed by atoms with Crippen LogP contribution >= 0.6 is 11.8 Å². The van der Waals surface area contributed by atoms with Crippen molar-refractivity contribution in [1.82, 2.24) is 5.32 Å². The molecule has 0 amide bonds. The van der Waals surface area contributed by atoms with E-state index in [-0.39, 0.29) is 6.10 Å². The van der Waals surface area contributed by atoms with E-state index in [1.54, 1.807) is 18.7 Å². The summed E-state index contributed by atoms with van der Waals surface area (Å²) in [6.07, 6.45) is 5.71. The van der Waals surface area contributed by atoms with E-state index < -0.39 is 0 Å². The Morgan fingerprint density at radius 1 is 1.58 bits per heavy atom. The fourth-order valence-corrected chi connectivity index (χ4v) is 1.26. The Balaban J connectivity index is 2.87. The lowest BCUT2D eigenvalue weighted by atomic mass is 10.3. The molecule has 0 saturated carbocycles. The van der Waals surface area contributed by atoms with Crippen LogP contribution in [0.25, 0.3) is 0 Å². The molecule has 0 rings (SSSR count). The third-order valence-electron chi connectivity index (χ3n) is 1.35. The van der Waals surface area contributed by atoms with Crippen molar-refractivity contribution >= 4 is 11.8 Å². The number of rotatable bonds is 7. The van der Waals surface area contributed by atoms with Gasteiger partial charge in [-0.2, -0.15) is 0 Å². The predicted octanol–water partition coefficient (Wildman–Crippen LogP) is 0.713. The number of nitrogens with one attached hydrogen (secondary N) is 1. The second-order valence-electron chi connectivity index (χ2n) is 2.64. The number of thioether (sulfide) groups is 1. The van der Waals surface area contributed by atoms with Gasteiger partial charge in [0.2, 0.25) is 0 Å². The lowest BCUT2D eigenvalue weighted by molar-refractivity contribution is 0.184. The van der Waals surface area contributed by atoms with Gasteiger partial charge in [0.25, 0.3) is 0 Å². The minimum Gasteiger partial charge on any atom is -0.393 e. The van der Waals surface area contributed by atoms with Crippen molar-refractivity contribution in [3.63, 3.8) is 0 Å². The summed E-state index contributed by atoms with van der Waals surface area (Å²) in [5, 5.41) is 12.1. The quantitative estimate of drug-likeness (QED) is 0.455. The van der Waals surface area contributed by atoms with Crippen LogP contribution in [0.2, 0.25) is 0 Å². The fraction of sp³-hybridized carbons (Fsp3) is 0.778.